The zero-order valence-corrected chi connectivity index (χ0v) is 18.3. The molecule has 0 aliphatic carbocycles. The van der Waals surface area contributed by atoms with Crippen molar-refractivity contribution in [2.24, 2.45) is 0 Å². The molecule has 2 rings (SSSR count). The fourth-order valence-corrected chi connectivity index (χ4v) is 4.23. The van der Waals surface area contributed by atoms with Crippen molar-refractivity contribution in [2.45, 2.75) is 25.2 Å². The molecule has 2 aromatic rings. The molecule has 0 atom stereocenters. The lowest BCUT2D eigenvalue weighted by atomic mass is 10.2. The van der Waals surface area contributed by atoms with Gasteiger partial charge in [-0.25, -0.2) is 22.5 Å². The Morgan fingerprint density at radius 3 is 2.45 bits per heavy atom. The number of nitrogens with one attached hydrogen (secondary N) is 2. The van der Waals surface area contributed by atoms with Gasteiger partial charge in [-0.3, -0.25) is 10.1 Å². The predicted molar refractivity (Wildman–Crippen MR) is 111 cm³/mol. The van der Waals surface area contributed by atoms with E-state index >= 15 is 0 Å². The van der Waals surface area contributed by atoms with E-state index in [0.717, 1.165) is 14.7 Å². The van der Waals surface area contributed by atoms with Crippen molar-refractivity contribution in [1.29, 1.82) is 0 Å². The largest absolute Gasteiger partial charge is 0.466 e. The van der Waals surface area contributed by atoms with Gasteiger partial charge in [0.05, 0.1) is 28.5 Å². The SMILES string of the molecule is CCOC(=O)CCNC(=O)Nc1nc(C)c(-c2ccc(S(=O)(=O)N(C)C)cc2)s1. The summed E-state index contributed by atoms with van der Waals surface area (Å²) in [6, 6.07) is 6.03. The van der Waals surface area contributed by atoms with Gasteiger partial charge in [0, 0.05) is 20.6 Å². The summed E-state index contributed by atoms with van der Waals surface area (Å²) < 4.78 is 30.3. The van der Waals surface area contributed by atoms with E-state index in [4.69, 9.17) is 4.74 Å². The predicted octanol–water partition coefficient (Wildman–Crippen LogP) is 2.44. The maximum atomic E-state index is 12.2. The van der Waals surface area contributed by atoms with Crippen LogP contribution in [0.25, 0.3) is 10.4 Å². The van der Waals surface area contributed by atoms with Crippen LogP contribution in [0, 0.1) is 6.92 Å². The summed E-state index contributed by atoms with van der Waals surface area (Å²) in [5.41, 5.74) is 1.51. The average molecular weight is 441 g/mol. The molecule has 1 heterocycles. The molecule has 29 heavy (non-hydrogen) atoms. The number of urea groups is 1. The summed E-state index contributed by atoms with van der Waals surface area (Å²) in [5.74, 6) is -0.375. The van der Waals surface area contributed by atoms with E-state index in [2.05, 4.69) is 15.6 Å². The van der Waals surface area contributed by atoms with Crippen LogP contribution in [0.4, 0.5) is 9.93 Å². The van der Waals surface area contributed by atoms with E-state index < -0.39 is 16.1 Å². The molecule has 0 aliphatic heterocycles. The topological polar surface area (TPSA) is 118 Å². The van der Waals surface area contributed by atoms with Crippen LogP contribution in [0.2, 0.25) is 0 Å². The highest BCUT2D eigenvalue weighted by Crippen LogP contribution is 2.33. The van der Waals surface area contributed by atoms with Crippen LogP contribution in [0.3, 0.4) is 0 Å². The number of anilines is 1. The summed E-state index contributed by atoms with van der Waals surface area (Å²) in [6.45, 7) is 3.98. The summed E-state index contributed by atoms with van der Waals surface area (Å²) in [7, 11) is -0.536. The van der Waals surface area contributed by atoms with E-state index in [-0.39, 0.29) is 23.8 Å². The Bertz CT molecular complexity index is 969. The maximum Gasteiger partial charge on any atom is 0.321 e. The van der Waals surface area contributed by atoms with Gasteiger partial charge in [-0.1, -0.05) is 23.5 Å². The number of carbonyl (C=O) groups is 2. The molecule has 1 aromatic carbocycles. The number of esters is 1. The number of sulfonamides is 1. The van der Waals surface area contributed by atoms with E-state index in [9.17, 15) is 18.0 Å². The van der Waals surface area contributed by atoms with Crippen LogP contribution in [0.15, 0.2) is 29.2 Å². The number of aromatic nitrogens is 1. The number of rotatable bonds is 8. The minimum atomic E-state index is -3.49. The molecule has 0 aliphatic rings. The Balaban J connectivity index is 2.03. The summed E-state index contributed by atoms with van der Waals surface area (Å²) in [5, 5.41) is 5.60. The fourth-order valence-electron chi connectivity index (χ4n) is 2.36. The van der Waals surface area contributed by atoms with Crippen LogP contribution in [-0.2, 0) is 19.6 Å². The summed E-state index contributed by atoms with van der Waals surface area (Å²) in [6.07, 6.45) is 0.0889. The molecule has 0 unspecified atom stereocenters. The number of aryl methyl sites for hydroxylation is 1. The van der Waals surface area contributed by atoms with Crippen molar-refractivity contribution in [2.75, 3.05) is 32.6 Å². The Hall–Kier alpha value is -2.50. The minimum absolute atomic E-state index is 0.0889. The van der Waals surface area contributed by atoms with Crippen molar-refractivity contribution in [3.8, 4) is 10.4 Å². The highest BCUT2D eigenvalue weighted by atomic mass is 32.2. The first kappa shape index (κ1) is 22.8. The third kappa shape index (κ3) is 5.99. The molecule has 2 amide bonds. The first-order valence-electron chi connectivity index (χ1n) is 8.86. The lowest BCUT2D eigenvalue weighted by molar-refractivity contribution is -0.142. The number of amides is 2. The number of thiazole rings is 1. The number of ether oxygens (including phenoxy) is 1. The van der Waals surface area contributed by atoms with Gasteiger partial charge in [-0.15, -0.1) is 0 Å². The fraction of sp³-hybridized carbons (Fsp3) is 0.389. The zero-order chi connectivity index (χ0) is 21.6. The third-order valence-corrected chi connectivity index (χ3v) is 6.78. The first-order valence-corrected chi connectivity index (χ1v) is 11.1. The van der Waals surface area contributed by atoms with Gasteiger partial charge in [0.2, 0.25) is 10.0 Å². The smallest absolute Gasteiger partial charge is 0.321 e. The molecule has 0 bridgehead atoms. The Morgan fingerprint density at radius 1 is 1.21 bits per heavy atom. The van der Waals surface area contributed by atoms with Gasteiger partial charge in [-0.05, 0) is 31.5 Å². The minimum Gasteiger partial charge on any atom is -0.466 e. The van der Waals surface area contributed by atoms with Crippen molar-refractivity contribution in [1.82, 2.24) is 14.6 Å². The van der Waals surface area contributed by atoms with Gasteiger partial charge in [0.15, 0.2) is 5.13 Å². The van der Waals surface area contributed by atoms with Crippen molar-refractivity contribution in [3.05, 3.63) is 30.0 Å². The summed E-state index contributed by atoms with van der Waals surface area (Å²) >= 11 is 1.27. The van der Waals surface area contributed by atoms with Gasteiger partial charge in [0.1, 0.15) is 0 Å². The first-order chi connectivity index (χ1) is 13.6. The zero-order valence-electron chi connectivity index (χ0n) is 16.7. The van der Waals surface area contributed by atoms with E-state index in [1.54, 1.807) is 38.1 Å². The van der Waals surface area contributed by atoms with Gasteiger partial charge in [0.25, 0.3) is 0 Å². The highest BCUT2D eigenvalue weighted by Gasteiger charge is 2.18. The number of carbonyl (C=O) groups excluding carboxylic acids is 2. The number of hydrogen-bond donors (Lipinski definition) is 2. The van der Waals surface area contributed by atoms with Crippen LogP contribution in [-0.4, -0.2) is 57.0 Å². The molecule has 0 saturated carbocycles. The van der Waals surface area contributed by atoms with Crippen LogP contribution in [0.1, 0.15) is 19.0 Å². The lowest BCUT2D eigenvalue weighted by Crippen LogP contribution is -2.30. The standard InChI is InChI=1S/C18H24N4O5S2/c1-5-27-15(23)10-11-19-17(24)21-18-20-12(2)16(28-18)13-6-8-14(9-7-13)29(25,26)22(3)4/h6-9H,5,10-11H2,1-4H3,(H2,19,20,21,24). The second-order valence-corrected chi connectivity index (χ2v) is 9.33. The van der Waals surface area contributed by atoms with Crippen molar-refractivity contribution >= 4 is 38.5 Å². The molecular formula is C18H24N4O5S2. The van der Waals surface area contributed by atoms with Crippen molar-refractivity contribution < 1.29 is 22.7 Å². The molecular weight excluding hydrogens is 416 g/mol. The molecule has 0 fully saturated rings. The number of hydrogen-bond acceptors (Lipinski definition) is 7. The van der Waals surface area contributed by atoms with Crippen molar-refractivity contribution in [3.63, 3.8) is 0 Å². The second-order valence-electron chi connectivity index (χ2n) is 6.18. The Kier molecular flexibility index (Phi) is 7.71. The molecule has 9 nitrogen and oxygen atoms in total. The lowest BCUT2D eigenvalue weighted by Gasteiger charge is -2.11. The monoisotopic (exact) mass is 440 g/mol. The molecule has 2 N–H and O–H groups in total. The molecule has 11 heteroatoms. The van der Waals surface area contributed by atoms with E-state index in [1.165, 1.54) is 25.4 Å². The van der Waals surface area contributed by atoms with Gasteiger partial charge in [-0.2, -0.15) is 0 Å². The Labute approximate surface area is 174 Å². The molecule has 158 valence electrons. The third-order valence-electron chi connectivity index (χ3n) is 3.83. The number of benzene rings is 1. The summed E-state index contributed by atoms with van der Waals surface area (Å²) in [4.78, 5) is 28.6. The molecule has 0 radical (unpaired) electrons. The quantitative estimate of drug-likeness (QED) is 0.609. The van der Waals surface area contributed by atoms with E-state index in [0.29, 0.717) is 17.4 Å². The normalized spacial score (nSPS) is 11.3. The van der Waals surface area contributed by atoms with Crippen LogP contribution < -0.4 is 10.6 Å². The highest BCUT2D eigenvalue weighted by molar-refractivity contribution is 7.89. The van der Waals surface area contributed by atoms with E-state index in [1.807, 2.05) is 0 Å². The Morgan fingerprint density at radius 2 is 1.86 bits per heavy atom. The molecule has 1 aromatic heterocycles. The number of nitrogens with zero attached hydrogens (tertiary/aromatic N) is 2. The van der Waals surface area contributed by atoms with Crippen LogP contribution >= 0.6 is 11.3 Å². The average Bonchev–Trinajstić information content (AvgIpc) is 3.02. The second kappa shape index (κ2) is 9.81. The van der Waals surface area contributed by atoms with Gasteiger partial charge < -0.3 is 10.1 Å². The molecule has 0 saturated heterocycles. The molecule has 0 spiro atoms. The maximum absolute atomic E-state index is 12.2. The van der Waals surface area contributed by atoms with Gasteiger partial charge >= 0.3 is 12.0 Å². The van der Waals surface area contributed by atoms with Crippen LogP contribution in [0.5, 0.6) is 0 Å².